The average Bonchev–Trinajstić information content (AvgIpc) is 3.08. The van der Waals surface area contributed by atoms with Crippen molar-refractivity contribution in [2.75, 3.05) is 23.3 Å². The van der Waals surface area contributed by atoms with Gasteiger partial charge in [0.15, 0.2) is 0 Å². The summed E-state index contributed by atoms with van der Waals surface area (Å²) in [6.45, 7) is 3.57. The van der Waals surface area contributed by atoms with Crippen molar-refractivity contribution in [1.82, 2.24) is 0 Å². The Morgan fingerprint density at radius 3 is 2.58 bits per heavy atom. The fraction of sp³-hybridized carbons (Fsp3) is 0.278. The molecule has 3 rings (SSSR count). The summed E-state index contributed by atoms with van der Waals surface area (Å²) in [6.07, 6.45) is 2.07. The van der Waals surface area contributed by atoms with Crippen molar-refractivity contribution in [3.05, 3.63) is 63.7 Å². The summed E-state index contributed by atoms with van der Waals surface area (Å²) < 4.78 is 0. The van der Waals surface area contributed by atoms with Crippen LogP contribution in [0.5, 0.6) is 0 Å². The van der Waals surface area contributed by atoms with Crippen molar-refractivity contribution in [2.45, 2.75) is 19.8 Å². The normalized spacial score (nSPS) is 13.8. The molecule has 6 heteroatoms. The van der Waals surface area contributed by atoms with E-state index in [9.17, 15) is 14.9 Å². The third kappa shape index (κ3) is 3.37. The van der Waals surface area contributed by atoms with E-state index in [-0.39, 0.29) is 17.2 Å². The monoisotopic (exact) mass is 325 g/mol. The Kier molecular flexibility index (Phi) is 4.46. The lowest BCUT2D eigenvalue weighted by atomic mass is 10.1. The van der Waals surface area contributed by atoms with E-state index in [0.717, 1.165) is 31.5 Å². The van der Waals surface area contributed by atoms with Crippen molar-refractivity contribution in [3.8, 4) is 0 Å². The second kappa shape index (κ2) is 6.70. The van der Waals surface area contributed by atoms with E-state index in [1.54, 1.807) is 18.2 Å². The SMILES string of the molecule is Cc1cccc(NC(=O)c2ccc(N3CCCC3)c([N+](=O)[O-])c2)c1. The molecule has 0 aliphatic carbocycles. The van der Waals surface area contributed by atoms with Crippen LogP contribution in [0.2, 0.25) is 0 Å². The van der Waals surface area contributed by atoms with Crippen LogP contribution < -0.4 is 10.2 Å². The van der Waals surface area contributed by atoms with Crippen LogP contribution in [0.4, 0.5) is 17.1 Å². The summed E-state index contributed by atoms with van der Waals surface area (Å²) in [4.78, 5) is 25.4. The second-order valence-electron chi connectivity index (χ2n) is 5.98. The molecule has 2 aromatic carbocycles. The van der Waals surface area contributed by atoms with Gasteiger partial charge in [0.2, 0.25) is 0 Å². The molecule has 1 fully saturated rings. The number of carbonyl (C=O) groups is 1. The van der Waals surface area contributed by atoms with Crippen LogP contribution >= 0.6 is 0 Å². The number of nitrogens with zero attached hydrogens (tertiary/aromatic N) is 2. The number of nitrogens with one attached hydrogen (secondary N) is 1. The van der Waals surface area contributed by atoms with Gasteiger partial charge in [-0.1, -0.05) is 12.1 Å². The van der Waals surface area contributed by atoms with Gasteiger partial charge in [-0.05, 0) is 49.6 Å². The molecule has 1 saturated heterocycles. The standard InChI is InChI=1S/C18H19N3O3/c1-13-5-4-6-15(11-13)19-18(22)14-7-8-16(17(12-14)21(23)24)20-9-2-3-10-20/h4-8,11-12H,2-3,9-10H2,1H3,(H,19,22). The van der Waals surface area contributed by atoms with Gasteiger partial charge in [-0.25, -0.2) is 0 Å². The molecule has 0 aromatic heterocycles. The Morgan fingerprint density at radius 2 is 1.92 bits per heavy atom. The Labute approximate surface area is 140 Å². The number of hydrogen-bond acceptors (Lipinski definition) is 4. The molecule has 1 aliphatic rings. The highest BCUT2D eigenvalue weighted by Crippen LogP contribution is 2.31. The minimum Gasteiger partial charge on any atom is -0.366 e. The van der Waals surface area contributed by atoms with Gasteiger partial charge < -0.3 is 10.2 Å². The summed E-state index contributed by atoms with van der Waals surface area (Å²) in [5, 5.41) is 14.2. The fourth-order valence-electron chi connectivity index (χ4n) is 2.96. The Bertz CT molecular complexity index is 783. The summed E-state index contributed by atoms with van der Waals surface area (Å²) in [5.74, 6) is -0.350. The molecule has 0 bridgehead atoms. The quantitative estimate of drug-likeness (QED) is 0.686. The largest absolute Gasteiger partial charge is 0.366 e. The van der Waals surface area contributed by atoms with Gasteiger partial charge in [0, 0.05) is 30.4 Å². The first-order valence-corrected chi connectivity index (χ1v) is 7.96. The van der Waals surface area contributed by atoms with Crippen molar-refractivity contribution in [2.24, 2.45) is 0 Å². The van der Waals surface area contributed by atoms with Crippen LogP contribution in [0.15, 0.2) is 42.5 Å². The maximum absolute atomic E-state index is 12.4. The summed E-state index contributed by atoms with van der Waals surface area (Å²) >= 11 is 0. The van der Waals surface area contributed by atoms with Crippen molar-refractivity contribution >= 4 is 23.0 Å². The number of nitro benzene ring substituents is 1. The molecule has 1 aliphatic heterocycles. The first-order valence-electron chi connectivity index (χ1n) is 7.96. The Hall–Kier alpha value is -2.89. The first kappa shape index (κ1) is 16.0. The number of carbonyl (C=O) groups excluding carboxylic acids is 1. The molecule has 124 valence electrons. The van der Waals surface area contributed by atoms with E-state index in [1.165, 1.54) is 6.07 Å². The van der Waals surface area contributed by atoms with E-state index < -0.39 is 4.92 Å². The zero-order valence-corrected chi connectivity index (χ0v) is 13.5. The predicted molar refractivity (Wildman–Crippen MR) is 93.7 cm³/mol. The lowest BCUT2D eigenvalue weighted by Crippen LogP contribution is -2.19. The van der Waals surface area contributed by atoms with Gasteiger partial charge in [0.05, 0.1) is 4.92 Å². The van der Waals surface area contributed by atoms with Gasteiger partial charge in [0.25, 0.3) is 11.6 Å². The van der Waals surface area contributed by atoms with E-state index in [0.29, 0.717) is 11.4 Å². The van der Waals surface area contributed by atoms with Crippen LogP contribution in [0.1, 0.15) is 28.8 Å². The molecule has 1 N–H and O–H groups in total. The van der Waals surface area contributed by atoms with Crippen molar-refractivity contribution in [3.63, 3.8) is 0 Å². The predicted octanol–water partition coefficient (Wildman–Crippen LogP) is 3.76. The number of benzene rings is 2. The Morgan fingerprint density at radius 1 is 1.17 bits per heavy atom. The first-order chi connectivity index (χ1) is 11.5. The maximum Gasteiger partial charge on any atom is 0.293 e. The molecular formula is C18H19N3O3. The molecule has 24 heavy (non-hydrogen) atoms. The van der Waals surface area contributed by atoms with E-state index in [2.05, 4.69) is 5.32 Å². The number of rotatable bonds is 4. The second-order valence-corrected chi connectivity index (χ2v) is 5.98. The molecule has 0 spiro atoms. The highest BCUT2D eigenvalue weighted by atomic mass is 16.6. The summed E-state index contributed by atoms with van der Waals surface area (Å²) in [7, 11) is 0. The molecule has 0 saturated carbocycles. The molecule has 1 amide bonds. The lowest BCUT2D eigenvalue weighted by molar-refractivity contribution is -0.384. The maximum atomic E-state index is 12.4. The zero-order valence-electron chi connectivity index (χ0n) is 13.5. The van der Waals surface area contributed by atoms with Gasteiger partial charge in [-0.15, -0.1) is 0 Å². The minimum absolute atomic E-state index is 0.0196. The molecule has 2 aromatic rings. The van der Waals surface area contributed by atoms with Crippen LogP contribution in [0, 0.1) is 17.0 Å². The number of hydrogen-bond donors (Lipinski definition) is 1. The lowest BCUT2D eigenvalue weighted by Gasteiger charge is -2.17. The molecule has 6 nitrogen and oxygen atoms in total. The highest BCUT2D eigenvalue weighted by Gasteiger charge is 2.23. The van der Waals surface area contributed by atoms with Gasteiger partial charge >= 0.3 is 0 Å². The van der Waals surface area contributed by atoms with E-state index in [1.807, 2.05) is 30.0 Å². The van der Waals surface area contributed by atoms with Gasteiger partial charge in [-0.2, -0.15) is 0 Å². The minimum atomic E-state index is -0.420. The highest BCUT2D eigenvalue weighted by molar-refractivity contribution is 6.05. The average molecular weight is 325 g/mol. The van der Waals surface area contributed by atoms with Crippen LogP contribution in [0.3, 0.4) is 0 Å². The number of amides is 1. The third-order valence-corrected chi connectivity index (χ3v) is 4.16. The molecular weight excluding hydrogens is 306 g/mol. The van der Waals surface area contributed by atoms with Crippen molar-refractivity contribution < 1.29 is 9.72 Å². The fourth-order valence-corrected chi connectivity index (χ4v) is 2.96. The number of anilines is 2. The molecule has 0 radical (unpaired) electrons. The van der Waals surface area contributed by atoms with Gasteiger partial charge in [-0.3, -0.25) is 14.9 Å². The van der Waals surface area contributed by atoms with Crippen LogP contribution in [-0.2, 0) is 0 Å². The zero-order chi connectivity index (χ0) is 17.1. The topological polar surface area (TPSA) is 75.5 Å². The smallest absolute Gasteiger partial charge is 0.293 e. The summed E-state index contributed by atoms with van der Waals surface area (Å²) in [6, 6.07) is 12.1. The summed E-state index contributed by atoms with van der Waals surface area (Å²) in [5.41, 5.74) is 2.55. The van der Waals surface area contributed by atoms with E-state index in [4.69, 9.17) is 0 Å². The van der Waals surface area contributed by atoms with Crippen molar-refractivity contribution in [1.29, 1.82) is 0 Å². The third-order valence-electron chi connectivity index (χ3n) is 4.16. The van der Waals surface area contributed by atoms with Crippen LogP contribution in [-0.4, -0.2) is 23.9 Å². The molecule has 0 unspecified atom stereocenters. The Balaban J connectivity index is 1.86. The van der Waals surface area contributed by atoms with Crippen LogP contribution in [0.25, 0.3) is 0 Å². The number of aryl methyl sites for hydroxylation is 1. The van der Waals surface area contributed by atoms with Gasteiger partial charge in [0.1, 0.15) is 5.69 Å². The molecule has 0 atom stereocenters. The number of nitro groups is 1. The molecule has 1 heterocycles. The van der Waals surface area contributed by atoms with E-state index >= 15 is 0 Å².